The molecular formula is C17H10Cl2F6N6. The molecule has 3 aromatic rings. The van der Waals surface area contributed by atoms with Gasteiger partial charge in [-0.1, -0.05) is 29.3 Å². The van der Waals surface area contributed by atoms with Crippen LogP contribution in [0, 0.1) is 0 Å². The Balaban J connectivity index is 1.85. The molecule has 0 atom stereocenters. The van der Waals surface area contributed by atoms with E-state index >= 15 is 0 Å². The number of nitrogens with zero attached hydrogens (tertiary/aromatic N) is 5. The van der Waals surface area contributed by atoms with E-state index in [-0.39, 0.29) is 27.0 Å². The van der Waals surface area contributed by atoms with Crippen molar-refractivity contribution in [3.63, 3.8) is 0 Å². The number of alkyl halides is 6. The molecule has 1 aromatic carbocycles. The molecular weight excluding hydrogens is 473 g/mol. The van der Waals surface area contributed by atoms with Gasteiger partial charge < -0.3 is 0 Å². The van der Waals surface area contributed by atoms with Crippen LogP contribution in [-0.2, 0) is 12.7 Å². The smallest absolute Gasteiger partial charge is 0.263 e. The van der Waals surface area contributed by atoms with Gasteiger partial charge in [-0.25, -0.2) is 15.4 Å². The van der Waals surface area contributed by atoms with Crippen molar-refractivity contribution < 1.29 is 26.3 Å². The average molecular weight is 483 g/mol. The highest BCUT2D eigenvalue weighted by molar-refractivity contribution is 6.42. The van der Waals surface area contributed by atoms with Crippen molar-refractivity contribution in [2.24, 2.45) is 5.10 Å². The number of hydrazone groups is 1. The Morgan fingerprint density at radius 3 is 2.39 bits per heavy atom. The van der Waals surface area contributed by atoms with Gasteiger partial charge in [0.2, 0.25) is 5.95 Å². The third-order valence-electron chi connectivity index (χ3n) is 3.60. The molecule has 6 nitrogen and oxygen atoms in total. The van der Waals surface area contributed by atoms with Crippen LogP contribution in [0.15, 0.2) is 41.6 Å². The maximum Gasteiger partial charge on any atom is 0.433 e. The number of hydrogen-bond acceptors (Lipinski definition) is 5. The molecule has 0 spiro atoms. The Morgan fingerprint density at radius 2 is 1.74 bits per heavy atom. The minimum atomic E-state index is -4.77. The van der Waals surface area contributed by atoms with Gasteiger partial charge in [-0.05, 0) is 24.3 Å². The second kappa shape index (κ2) is 8.71. The van der Waals surface area contributed by atoms with E-state index in [1.54, 1.807) is 0 Å². The molecule has 0 fully saturated rings. The normalized spacial score (nSPS) is 12.5. The maximum atomic E-state index is 13.2. The van der Waals surface area contributed by atoms with Crippen molar-refractivity contribution in [2.75, 3.05) is 5.43 Å². The lowest BCUT2D eigenvalue weighted by Gasteiger charge is -2.10. The van der Waals surface area contributed by atoms with Gasteiger partial charge in [-0.2, -0.15) is 36.5 Å². The fraction of sp³-hybridized carbons (Fsp3) is 0.176. The molecule has 0 saturated carbocycles. The van der Waals surface area contributed by atoms with Crippen LogP contribution in [0.25, 0.3) is 11.3 Å². The molecule has 0 amide bonds. The number of aromatic nitrogens is 4. The molecule has 0 aliphatic heterocycles. The molecule has 14 heteroatoms. The van der Waals surface area contributed by atoms with Gasteiger partial charge >= 0.3 is 12.4 Å². The highest BCUT2D eigenvalue weighted by Gasteiger charge is 2.34. The van der Waals surface area contributed by atoms with Crippen LogP contribution in [-0.4, -0.2) is 32.1 Å². The van der Waals surface area contributed by atoms with Crippen molar-refractivity contribution in [3.05, 3.63) is 58.0 Å². The molecule has 0 aliphatic carbocycles. The van der Waals surface area contributed by atoms with Crippen LogP contribution in [0.5, 0.6) is 0 Å². The van der Waals surface area contributed by atoms with Crippen LogP contribution in [0.3, 0.4) is 0 Å². The molecule has 0 aliphatic rings. The number of anilines is 1. The fourth-order valence-electron chi connectivity index (χ4n) is 2.32. The van der Waals surface area contributed by atoms with Gasteiger partial charge in [-0.3, -0.25) is 4.68 Å². The zero-order valence-electron chi connectivity index (χ0n) is 15.0. The largest absolute Gasteiger partial charge is 0.433 e. The summed E-state index contributed by atoms with van der Waals surface area (Å²) in [5, 5.41) is 7.60. The van der Waals surface area contributed by atoms with Crippen molar-refractivity contribution in [1.82, 2.24) is 19.7 Å². The Hall–Kier alpha value is -2.86. The first-order valence-electron chi connectivity index (χ1n) is 8.22. The molecule has 0 saturated heterocycles. The van der Waals surface area contributed by atoms with Gasteiger partial charge in [0.15, 0.2) is 5.69 Å². The van der Waals surface area contributed by atoms with E-state index in [1.165, 1.54) is 24.3 Å². The van der Waals surface area contributed by atoms with Crippen LogP contribution >= 0.6 is 23.2 Å². The summed E-state index contributed by atoms with van der Waals surface area (Å²) < 4.78 is 77.4. The number of halogens is 8. The van der Waals surface area contributed by atoms with Crippen molar-refractivity contribution in [1.29, 1.82) is 0 Å². The summed E-state index contributed by atoms with van der Waals surface area (Å²) >= 11 is 11.7. The summed E-state index contributed by atoms with van der Waals surface area (Å²) in [5.41, 5.74) is 1.16. The lowest BCUT2D eigenvalue weighted by molar-refractivity contribution is -0.143. The number of rotatable bonds is 5. The first-order chi connectivity index (χ1) is 14.4. The SMILES string of the molecule is FC(F)(F)Cn1ccc(C=NNc2nc(-c3ccc(Cl)c(Cl)c3)cc(C(F)(F)F)n2)n1. The first kappa shape index (κ1) is 22.8. The van der Waals surface area contributed by atoms with Crippen LogP contribution in [0.4, 0.5) is 32.3 Å². The van der Waals surface area contributed by atoms with Gasteiger partial charge in [-0.15, -0.1) is 0 Å². The third kappa shape index (κ3) is 6.31. The fourth-order valence-corrected chi connectivity index (χ4v) is 2.62. The molecule has 0 unspecified atom stereocenters. The van der Waals surface area contributed by atoms with E-state index in [0.717, 1.165) is 18.5 Å². The van der Waals surface area contributed by atoms with Crippen LogP contribution < -0.4 is 5.43 Å². The highest BCUT2D eigenvalue weighted by Crippen LogP contribution is 2.33. The summed E-state index contributed by atoms with van der Waals surface area (Å²) in [6, 6.07) is 6.14. The van der Waals surface area contributed by atoms with Crippen LogP contribution in [0.1, 0.15) is 11.4 Å². The molecule has 1 N–H and O–H groups in total. The average Bonchev–Trinajstić information content (AvgIpc) is 3.08. The summed E-state index contributed by atoms with van der Waals surface area (Å²) in [6.45, 7) is -1.29. The lowest BCUT2D eigenvalue weighted by atomic mass is 10.1. The summed E-state index contributed by atoms with van der Waals surface area (Å²) in [6.07, 6.45) is -7.14. The van der Waals surface area contributed by atoms with Crippen molar-refractivity contribution in [2.45, 2.75) is 18.9 Å². The molecule has 0 bridgehead atoms. The molecule has 164 valence electrons. The van der Waals surface area contributed by atoms with E-state index in [9.17, 15) is 26.3 Å². The minimum Gasteiger partial charge on any atom is -0.263 e. The highest BCUT2D eigenvalue weighted by atomic mass is 35.5. The number of hydrogen-bond donors (Lipinski definition) is 1. The third-order valence-corrected chi connectivity index (χ3v) is 4.33. The topological polar surface area (TPSA) is 68.0 Å². The molecule has 2 aromatic heterocycles. The Bertz CT molecular complexity index is 1110. The minimum absolute atomic E-state index is 0.0356. The number of nitrogens with one attached hydrogen (secondary N) is 1. The molecule has 3 rings (SSSR count). The van der Waals surface area contributed by atoms with Crippen LogP contribution in [0.2, 0.25) is 10.0 Å². The summed E-state index contributed by atoms with van der Waals surface area (Å²) in [7, 11) is 0. The maximum absolute atomic E-state index is 13.2. The van der Waals surface area contributed by atoms with E-state index in [0.29, 0.717) is 4.68 Å². The lowest BCUT2D eigenvalue weighted by Crippen LogP contribution is -2.18. The Kier molecular flexibility index (Phi) is 6.41. The van der Waals surface area contributed by atoms with Gasteiger partial charge in [0.25, 0.3) is 0 Å². The van der Waals surface area contributed by atoms with E-state index in [2.05, 4.69) is 25.6 Å². The first-order valence-corrected chi connectivity index (χ1v) is 8.97. The molecule has 2 heterocycles. The van der Waals surface area contributed by atoms with Crippen molar-refractivity contribution in [3.8, 4) is 11.3 Å². The van der Waals surface area contributed by atoms with Gasteiger partial charge in [0.05, 0.1) is 22.0 Å². The standard InChI is InChI=1S/C17H10Cl2F6N6/c18-11-2-1-9(5-12(11)19)13-6-14(17(23,24)25)28-15(27-13)29-26-7-10-3-4-31(30-10)8-16(20,21)22/h1-7H,8H2,(H,27,28,29). The zero-order chi connectivity index (χ0) is 22.8. The second-order valence-corrected chi connectivity index (χ2v) is 6.83. The van der Waals surface area contributed by atoms with E-state index in [1.807, 2.05) is 0 Å². The number of benzene rings is 1. The second-order valence-electron chi connectivity index (χ2n) is 6.01. The van der Waals surface area contributed by atoms with Gasteiger partial charge in [0, 0.05) is 11.8 Å². The zero-order valence-corrected chi connectivity index (χ0v) is 16.5. The predicted octanol–water partition coefficient (Wildman–Crippen LogP) is 5.67. The van der Waals surface area contributed by atoms with E-state index in [4.69, 9.17) is 23.2 Å². The Labute approximate surface area is 180 Å². The van der Waals surface area contributed by atoms with E-state index < -0.39 is 30.5 Å². The predicted molar refractivity (Wildman–Crippen MR) is 102 cm³/mol. The summed E-state index contributed by atoms with van der Waals surface area (Å²) in [5.74, 6) is -0.498. The molecule has 0 radical (unpaired) electrons. The van der Waals surface area contributed by atoms with Gasteiger partial charge in [0.1, 0.15) is 12.2 Å². The quantitative estimate of drug-likeness (QED) is 0.289. The summed E-state index contributed by atoms with van der Waals surface area (Å²) in [4.78, 5) is 7.32. The Morgan fingerprint density at radius 1 is 1.00 bits per heavy atom. The monoisotopic (exact) mass is 482 g/mol. The molecule has 31 heavy (non-hydrogen) atoms. The van der Waals surface area contributed by atoms with Crippen molar-refractivity contribution >= 4 is 35.4 Å².